The van der Waals surface area contributed by atoms with Crippen LogP contribution in [-0.4, -0.2) is 17.1 Å². The van der Waals surface area contributed by atoms with Crippen molar-refractivity contribution in [1.82, 2.24) is 5.32 Å². The summed E-state index contributed by atoms with van der Waals surface area (Å²) < 4.78 is 5.39. The molecule has 0 atom stereocenters. The average Bonchev–Trinajstić information content (AvgIpc) is 2.95. The van der Waals surface area contributed by atoms with Crippen LogP contribution in [0.2, 0.25) is 0 Å². The second-order valence-corrected chi connectivity index (χ2v) is 4.08. The Labute approximate surface area is 91.9 Å². The quantitative estimate of drug-likeness (QED) is 0.809. The lowest BCUT2D eigenvalue weighted by Gasteiger charge is -1.97. The lowest BCUT2D eigenvalue weighted by molar-refractivity contribution is 0.0925. The van der Waals surface area contributed by atoms with Crippen molar-refractivity contribution in [2.24, 2.45) is 0 Å². The molecule has 82 valence electrons. The Bertz CT molecular complexity index is 554. The van der Waals surface area contributed by atoms with Crippen molar-refractivity contribution in [3.8, 4) is 5.75 Å². The molecule has 16 heavy (non-hydrogen) atoms. The highest BCUT2D eigenvalue weighted by atomic mass is 16.3. The van der Waals surface area contributed by atoms with Gasteiger partial charge in [0.15, 0.2) is 5.76 Å². The molecule has 1 saturated carbocycles. The van der Waals surface area contributed by atoms with E-state index < -0.39 is 0 Å². The van der Waals surface area contributed by atoms with Gasteiger partial charge in [0.25, 0.3) is 5.91 Å². The first-order chi connectivity index (χ1) is 7.72. The SMILES string of the molecule is O=C(NC1CC1)c1cc2cc(O)ccc2o1. The zero-order chi connectivity index (χ0) is 11.1. The summed E-state index contributed by atoms with van der Waals surface area (Å²) in [5.41, 5.74) is 0.610. The molecule has 0 unspecified atom stereocenters. The second kappa shape index (κ2) is 3.27. The molecule has 0 bridgehead atoms. The third kappa shape index (κ3) is 1.62. The fourth-order valence-electron chi connectivity index (χ4n) is 1.63. The van der Waals surface area contributed by atoms with Crippen LogP contribution in [0.15, 0.2) is 28.7 Å². The maximum absolute atomic E-state index is 11.7. The number of carbonyl (C=O) groups is 1. The third-order valence-electron chi connectivity index (χ3n) is 2.64. The molecular formula is C12H11NO3. The first-order valence-electron chi connectivity index (χ1n) is 5.26. The normalized spacial score (nSPS) is 15.2. The van der Waals surface area contributed by atoms with E-state index in [1.165, 1.54) is 6.07 Å². The predicted molar refractivity (Wildman–Crippen MR) is 58.4 cm³/mol. The summed E-state index contributed by atoms with van der Waals surface area (Å²) >= 11 is 0. The van der Waals surface area contributed by atoms with E-state index in [1.54, 1.807) is 18.2 Å². The summed E-state index contributed by atoms with van der Waals surface area (Å²) in [4.78, 5) is 11.7. The van der Waals surface area contributed by atoms with Crippen molar-refractivity contribution in [2.75, 3.05) is 0 Å². The smallest absolute Gasteiger partial charge is 0.287 e. The fraction of sp³-hybridized carbons (Fsp3) is 0.250. The highest BCUT2D eigenvalue weighted by molar-refractivity contribution is 5.96. The number of aromatic hydroxyl groups is 1. The molecule has 1 aliphatic rings. The minimum atomic E-state index is -0.182. The monoisotopic (exact) mass is 217 g/mol. The van der Waals surface area contributed by atoms with Crippen LogP contribution in [0.25, 0.3) is 11.0 Å². The molecule has 2 N–H and O–H groups in total. The number of rotatable bonds is 2. The Hall–Kier alpha value is -1.97. The Morgan fingerprint density at radius 2 is 2.19 bits per heavy atom. The van der Waals surface area contributed by atoms with Crippen LogP contribution in [0.1, 0.15) is 23.4 Å². The summed E-state index contributed by atoms with van der Waals surface area (Å²) in [5, 5.41) is 12.9. The summed E-state index contributed by atoms with van der Waals surface area (Å²) in [5.74, 6) is 0.285. The summed E-state index contributed by atoms with van der Waals surface area (Å²) in [6.45, 7) is 0. The first-order valence-corrected chi connectivity index (χ1v) is 5.26. The number of amides is 1. The molecule has 2 aromatic rings. The van der Waals surface area contributed by atoms with E-state index in [4.69, 9.17) is 4.42 Å². The standard InChI is InChI=1S/C12H11NO3/c14-9-3-4-10-7(5-9)6-11(16-10)12(15)13-8-1-2-8/h3-6,8,14H,1-2H2,(H,13,15). The van der Waals surface area contributed by atoms with Gasteiger partial charge in [-0.05, 0) is 37.1 Å². The van der Waals surface area contributed by atoms with Gasteiger partial charge < -0.3 is 14.8 Å². The van der Waals surface area contributed by atoms with Gasteiger partial charge in [0.2, 0.25) is 0 Å². The largest absolute Gasteiger partial charge is 0.508 e. The molecular weight excluding hydrogens is 206 g/mol. The average molecular weight is 217 g/mol. The van der Waals surface area contributed by atoms with Gasteiger partial charge in [-0.2, -0.15) is 0 Å². The van der Waals surface area contributed by atoms with E-state index >= 15 is 0 Å². The van der Waals surface area contributed by atoms with Crippen LogP contribution in [0.3, 0.4) is 0 Å². The molecule has 1 aliphatic carbocycles. The molecule has 1 aromatic carbocycles. The predicted octanol–water partition coefficient (Wildman–Crippen LogP) is 2.03. The number of phenolic OH excluding ortho intramolecular Hbond substituents is 1. The molecule has 0 saturated heterocycles. The van der Waals surface area contributed by atoms with E-state index in [0.29, 0.717) is 17.4 Å². The van der Waals surface area contributed by atoms with Gasteiger partial charge >= 0.3 is 0 Å². The molecule has 0 aliphatic heterocycles. The van der Waals surface area contributed by atoms with Crippen LogP contribution in [0, 0.1) is 0 Å². The van der Waals surface area contributed by atoms with Crippen LogP contribution in [-0.2, 0) is 0 Å². The topological polar surface area (TPSA) is 62.5 Å². The number of furan rings is 1. The van der Waals surface area contributed by atoms with Gasteiger partial charge in [-0.25, -0.2) is 0 Å². The molecule has 4 nitrogen and oxygen atoms in total. The minimum Gasteiger partial charge on any atom is -0.508 e. The molecule has 1 amide bonds. The van der Waals surface area contributed by atoms with Gasteiger partial charge in [-0.1, -0.05) is 0 Å². The maximum atomic E-state index is 11.7. The van der Waals surface area contributed by atoms with Gasteiger partial charge in [-0.3, -0.25) is 4.79 Å². The summed E-state index contributed by atoms with van der Waals surface area (Å²) in [6, 6.07) is 6.72. The molecule has 4 heteroatoms. The van der Waals surface area contributed by atoms with E-state index in [0.717, 1.165) is 18.2 Å². The Kier molecular flexibility index (Phi) is 1.89. The summed E-state index contributed by atoms with van der Waals surface area (Å²) in [7, 11) is 0. The second-order valence-electron chi connectivity index (χ2n) is 4.08. The van der Waals surface area contributed by atoms with Crippen molar-refractivity contribution < 1.29 is 14.3 Å². The van der Waals surface area contributed by atoms with E-state index in [9.17, 15) is 9.90 Å². The Morgan fingerprint density at radius 1 is 1.38 bits per heavy atom. The van der Waals surface area contributed by atoms with Crippen LogP contribution in [0.4, 0.5) is 0 Å². The van der Waals surface area contributed by atoms with E-state index in [2.05, 4.69) is 5.32 Å². The molecule has 0 radical (unpaired) electrons. The van der Waals surface area contributed by atoms with Gasteiger partial charge in [-0.15, -0.1) is 0 Å². The number of hydrogen-bond donors (Lipinski definition) is 2. The fourth-order valence-corrected chi connectivity index (χ4v) is 1.63. The molecule has 3 rings (SSSR count). The number of phenols is 1. The highest BCUT2D eigenvalue weighted by Gasteiger charge is 2.25. The number of nitrogens with one attached hydrogen (secondary N) is 1. The van der Waals surface area contributed by atoms with Crippen molar-refractivity contribution >= 4 is 16.9 Å². The first kappa shape index (κ1) is 9.27. The minimum absolute atomic E-state index is 0.169. The lowest BCUT2D eigenvalue weighted by Crippen LogP contribution is -2.24. The van der Waals surface area contributed by atoms with E-state index in [1.807, 2.05) is 0 Å². The molecule has 1 heterocycles. The van der Waals surface area contributed by atoms with Crippen molar-refractivity contribution in [3.05, 3.63) is 30.0 Å². The summed E-state index contributed by atoms with van der Waals surface area (Å²) in [6.07, 6.45) is 2.10. The maximum Gasteiger partial charge on any atom is 0.287 e. The Balaban J connectivity index is 1.94. The van der Waals surface area contributed by atoms with Crippen LogP contribution < -0.4 is 5.32 Å². The number of carbonyl (C=O) groups excluding carboxylic acids is 1. The molecule has 0 spiro atoms. The van der Waals surface area contributed by atoms with Crippen molar-refractivity contribution in [1.29, 1.82) is 0 Å². The zero-order valence-corrected chi connectivity index (χ0v) is 8.56. The third-order valence-corrected chi connectivity index (χ3v) is 2.64. The number of hydrogen-bond acceptors (Lipinski definition) is 3. The van der Waals surface area contributed by atoms with E-state index in [-0.39, 0.29) is 11.7 Å². The van der Waals surface area contributed by atoms with Crippen molar-refractivity contribution in [3.63, 3.8) is 0 Å². The number of fused-ring (bicyclic) bond motifs is 1. The number of benzene rings is 1. The Morgan fingerprint density at radius 3 is 2.94 bits per heavy atom. The molecule has 1 fully saturated rings. The lowest BCUT2D eigenvalue weighted by atomic mass is 10.2. The van der Waals surface area contributed by atoms with Gasteiger partial charge in [0, 0.05) is 11.4 Å². The van der Waals surface area contributed by atoms with Gasteiger partial charge in [0.1, 0.15) is 11.3 Å². The van der Waals surface area contributed by atoms with Crippen LogP contribution in [0.5, 0.6) is 5.75 Å². The zero-order valence-electron chi connectivity index (χ0n) is 8.56. The molecule has 1 aromatic heterocycles. The van der Waals surface area contributed by atoms with Crippen molar-refractivity contribution in [2.45, 2.75) is 18.9 Å². The van der Waals surface area contributed by atoms with Crippen LogP contribution >= 0.6 is 0 Å². The highest BCUT2D eigenvalue weighted by Crippen LogP contribution is 2.24. The van der Waals surface area contributed by atoms with Gasteiger partial charge in [0.05, 0.1) is 0 Å².